The van der Waals surface area contributed by atoms with Gasteiger partial charge < -0.3 is 24.6 Å². The number of alkyl carbamates (subject to hydrolysis) is 1. The maximum Gasteiger partial charge on any atom is 0.408 e. The summed E-state index contributed by atoms with van der Waals surface area (Å²) in [6.45, 7) is 7.04. The van der Waals surface area contributed by atoms with Crippen LogP contribution in [-0.4, -0.2) is 41.0 Å². The zero-order valence-electron chi connectivity index (χ0n) is 25.8. The number of hydrogen-bond donors (Lipinski definition) is 2. The lowest BCUT2D eigenvalue weighted by atomic mass is 9.86. The highest BCUT2D eigenvalue weighted by molar-refractivity contribution is 5.81. The number of nitrogens with one attached hydrogen (secondary N) is 1. The molecule has 0 saturated heterocycles. The van der Waals surface area contributed by atoms with Crippen molar-refractivity contribution in [1.29, 1.82) is 0 Å². The molecule has 0 aliphatic carbocycles. The first-order chi connectivity index (χ1) is 20.9. The molecule has 7 nitrogen and oxygen atoms in total. The van der Waals surface area contributed by atoms with Gasteiger partial charge in [0.1, 0.15) is 29.9 Å². The van der Waals surface area contributed by atoms with Crippen LogP contribution in [-0.2, 0) is 38.6 Å². The van der Waals surface area contributed by atoms with Gasteiger partial charge in [-0.15, -0.1) is 0 Å². The SMILES string of the molecule is C[C@H](O)C(OCc1ccccc1)[C@H](CCC[C@H](NC(=O)OC(C)(C)C)C(=O)OCc1ccccc1)Cc1ccc(F)cc1F. The van der Waals surface area contributed by atoms with E-state index in [1.807, 2.05) is 60.7 Å². The van der Waals surface area contributed by atoms with E-state index >= 15 is 0 Å². The molecule has 0 spiro atoms. The van der Waals surface area contributed by atoms with Crippen LogP contribution >= 0.6 is 0 Å². The summed E-state index contributed by atoms with van der Waals surface area (Å²) in [5.41, 5.74) is 1.23. The molecule has 0 radical (unpaired) electrons. The Bertz CT molecular complexity index is 1310. The van der Waals surface area contributed by atoms with Crippen LogP contribution in [0.25, 0.3) is 0 Å². The number of hydrogen-bond acceptors (Lipinski definition) is 6. The molecule has 44 heavy (non-hydrogen) atoms. The summed E-state index contributed by atoms with van der Waals surface area (Å²) in [6.07, 6.45) is -1.19. The lowest BCUT2D eigenvalue weighted by molar-refractivity contribution is -0.147. The zero-order chi connectivity index (χ0) is 32.1. The molecule has 0 aliphatic rings. The monoisotopic (exact) mass is 611 g/mol. The molecule has 0 aromatic heterocycles. The zero-order valence-corrected chi connectivity index (χ0v) is 25.8. The number of benzene rings is 3. The Kier molecular flexibility index (Phi) is 13.3. The summed E-state index contributed by atoms with van der Waals surface area (Å²) in [5.74, 6) is -2.38. The quantitative estimate of drug-likeness (QED) is 0.182. The maximum atomic E-state index is 14.7. The van der Waals surface area contributed by atoms with Gasteiger partial charge in [-0.25, -0.2) is 18.4 Å². The molecule has 2 N–H and O–H groups in total. The van der Waals surface area contributed by atoms with Gasteiger partial charge in [0.25, 0.3) is 0 Å². The van der Waals surface area contributed by atoms with Gasteiger partial charge in [0.05, 0.1) is 18.8 Å². The molecule has 3 rings (SSSR count). The van der Waals surface area contributed by atoms with Gasteiger partial charge in [-0.2, -0.15) is 0 Å². The Labute approximate surface area is 258 Å². The summed E-state index contributed by atoms with van der Waals surface area (Å²) in [4.78, 5) is 25.7. The van der Waals surface area contributed by atoms with Crippen molar-refractivity contribution in [3.8, 4) is 0 Å². The van der Waals surface area contributed by atoms with E-state index in [0.29, 0.717) is 12.8 Å². The molecule has 3 aromatic carbocycles. The van der Waals surface area contributed by atoms with Crippen molar-refractivity contribution < 1.29 is 37.7 Å². The third kappa shape index (κ3) is 12.1. The van der Waals surface area contributed by atoms with Gasteiger partial charge >= 0.3 is 12.1 Å². The molecule has 0 heterocycles. The topological polar surface area (TPSA) is 94.1 Å². The van der Waals surface area contributed by atoms with Crippen molar-refractivity contribution in [3.63, 3.8) is 0 Å². The number of halogens is 2. The van der Waals surface area contributed by atoms with Crippen LogP contribution in [0.3, 0.4) is 0 Å². The van der Waals surface area contributed by atoms with Gasteiger partial charge in [-0.05, 0) is 75.6 Å². The Hall–Kier alpha value is -3.82. The fraction of sp³-hybridized carbons (Fsp3) is 0.429. The molecule has 3 aromatic rings. The molecule has 0 fully saturated rings. The van der Waals surface area contributed by atoms with Gasteiger partial charge in [-0.1, -0.05) is 73.2 Å². The number of aliphatic hydroxyl groups excluding tert-OH is 1. The number of ether oxygens (including phenoxy) is 3. The molecule has 4 atom stereocenters. The second-order valence-corrected chi connectivity index (χ2v) is 11.9. The van der Waals surface area contributed by atoms with E-state index in [-0.39, 0.29) is 31.6 Å². The van der Waals surface area contributed by atoms with E-state index < -0.39 is 53.5 Å². The third-order valence-electron chi connectivity index (χ3n) is 6.99. The molecular weight excluding hydrogens is 568 g/mol. The first-order valence-electron chi connectivity index (χ1n) is 14.9. The summed E-state index contributed by atoms with van der Waals surface area (Å²) in [6, 6.07) is 21.1. The van der Waals surface area contributed by atoms with Crippen LogP contribution in [0.2, 0.25) is 0 Å². The van der Waals surface area contributed by atoms with E-state index in [9.17, 15) is 23.5 Å². The fourth-order valence-electron chi connectivity index (χ4n) is 4.90. The molecule has 1 amide bonds. The second kappa shape index (κ2) is 16.9. The number of carbonyl (C=O) groups is 2. The predicted molar refractivity (Wildman–Crippen MR) is 163 cm³/mol. The van der Waals surface area contributed by atoms with Gasteiger partial charge in [-0.3, -0.25) is 0 Å². The number of carbonyl (C=O) groups excluding carboxylic acids is 2. The highest BCUT2D eigenvalue weighted by Gasteiger charge is 2.30. The Morgan fingerprint density at radius 1 is 0.886 bits per heavy atom. The molecule has 0 saturated carbocycles. The first-order valence-corrected chi connectivity index (χ1v) is 14.9. The fourth-order valence-corrected chi connectivity index (χ4v) is 4.90. The number of rotatable bonds is 15. The number of amides is 1. The van der Waals surface area contributed by atoms with Gasteiger partial charge in [0, 0.05) is 6.07 Å². The maximum absolute atomic E-state index is 14.7. The molecular formula is C35H43F2NO6. The average Bonchev–Trinajstić information content (AvgIpc) is 2.96. The standard InChI is InChI=1S/C35H43F2NO6/c1-24(39)32(42-22-25-12-7-5-8-13-25)28(20-27-18-19-29(36)21-30(27)37)16-11-17-31(38-34(41)44-35(2,3)4)33(40)43-23-26-14-9-6-10-15-26/h5-10,12-15,18-19,21,24,28,31-32,39H,11,16-17,20,22-23H2,1-4H3,(H,38,41)/t24-,28+,31-,32?/m0/s1. The second-order valence-electron chi connectivity index (χ2n) is 11.9. The molecule has 238 valence electrons. The molecule has 9 heteroatoms. The third-order valence-corrected chi connectivity index (χ3v) is 6.99. The minimum absolute atomic E-state index is 0.0378. The van der Waals surface area contributed by atoms with Crippen molar-refractivity contribution in [1.82, 2.24) is 5.32 Å². The first kappa shape index (κ1) is 34.7. The van der Waals surface area contributed by atoms with Crippen LogP contribution in [0.4, 0.5) is 13.6 Å². The van der Waals surface area contributed by atoms with Crippen molar-refractivity contribution in [3.05, 3.63) is 107 Å². The minimum Gasteiger partial charge on any atom is -0.459 e. The van der Waals surface area contributed by atoms with Crippen molar-refractivity contribution >= 4 is 12.1 Å². The Morgan fingerprint density at radius 2 is 1.50 bits per heavy atom. The van der Waals surface area contributed by atoms with Crippen molar-refractivity contribution in [2.75, 3.05) is 0 Å². The van der Waals surface area contributed by atoms with Crippen LogP contribution in [0.1, 0.15) is 63.6 Å². The van der Waals surface area contributed by atoms with Gasteiger partial charge in [0.15, 0.2) is 0 Å². The lowest BCUT2D eigenvalue weighted by Crippen LogP contribution is -2.44. The summed E-state index contributed by atoms with van der Waals surface area (Å²) < 4.78 is 45.4. The van der Waals surface area contributed by atoms with E-state index in [4.69, 9.17) is 14.2 Å². The van der Waals surface area contributed by atoms with Crippen LogP contribution in [0, 0.1) is 17.6 Å². The molecule has 1 unspecified atom stereocenters. The molecule has 0 bridgehead atoms. The van der Waals surface area contributed by atoms with Crippen molar-refractivity contribution in [2.45, 2.75) is 90.4 Å². The van der Waals surface area contributed by atoms with Crippen LogP contribution in [0.15, 0.2) is 78.9 Å². The normalized spacial score (nSPS) is 14.2. The van der Waals surface area contributed by atoms with E-state index in [0.717, 1.165) is 17.2 Å². The average molecular weight is 612 g/mol. The number of aliphatic hydroxyl groups is 1. The lowest BCUT2D eigenvalue weighted by Gasteiger charge is -2.30. The summed E-state index contributed by atoms with van der Waals surface area (Å²) in [7, 11) is 0. The predicted octanol–water partition coefficient (Wildman–Crippen LogP) is 6.90. The van der Waals surface area contributed by atoms with Crippen LogP contribution < -0.4 is 5.32 Å². The summed E-state index contributed by atoms with van der Waals surface area (Å²) in [5, 5.41) is 13.4. The highest BCUT2D eigenvalue weighted by atomic mass is 19.1. The largest absolute Gasteiger partial charge is 0.459 e. The van der Waals surface area contributed by atoms with E-state index in [2.05, 4.69) is 5.32 Å². The summed E-state index contributed by atoms with van der Waals surface area (Å²) >= 11 is 0. The van der Waals surface area contributed by atoms with Gasteiger partial charge in [0.2, 0.25) is 0 Å². The van der Waals surface area contributed by atoms with E-state index in [1.54, 1.807) is 27.7 Å². The van der Waals surface area contributed by atoms with Crippen LogP contribution in [0.5, 0.6) is 0 Å². The minimum atomic E-state index is -1.01. The highest BCUT2D eigenvalue weighted by Crippen LogP contribution is 2.27. The Balaban J connectivity index is 1.76. The van der Waals surface area contributed by atoms with Crippen molar-refractivity contribution in [2.24, 2.45) is 5.92 Å². The molecule has 0 aliphatic heterocycles. The van der Waals surface area contributed by atoms with E-state index in [1.165, 1.54) is 12.1 Å². The number of esters is 1. The smallest absolute Gasteiger partial charge is 0.408 e. The Morgan fingerprint density at radius 3 is 2.07 bits per heavy atom.